The zero-order valence-electron chi connectivity index (χ0n) is 9.64. The summed E-state index contributed by atoms with van der Waals surface area (Å²) in [5.41, 5.74) is 1.32. The van der Waals surface area contributed by atoms with Crippen LogP contribution in [0.4, 0.5) is 0 Å². The summed E-state index contributed by atoms with van der Waals surface area (Å²) < 4.78 is 0. The summed E-state index contributed by atoms with van der Waals surface area (Å²) in [7, 11) is 0. The summed E-state index contributed by atoms with van der Waals surface area (Å²) in [6, 6.07) is 0. The predicted molar refractivity (Wildman–Crippen MR) is 60.3 cm³/mol. The molecule has 0 heterocycles. The highest BCUT2D eigenvalue weighted by Gasteiger charge is 2.16. The fraction of sp³-hybridized carbons (Fsp3) is 0.833. The first-order valence-electron chi connectivity index (χ1n) is 5.61. The third-order valence-electron chi connectivity index (χ3n) is 2.58. The van der Waals surface area contributed by atoms with Crippen molar-refractivity contribution >= 4 is 0 Å². The summed E-state index contributed by atoms with van der Waals surface area (Å²) >= 11 is 0. The van der Waals surface area contributed by atoms with Crippen molar-refractivity contribution in [2.24, 2.45) is 0 Å². The second-order valence-electron chi connectivity index (χ2n) is 5.17. The van der Waals surface area contributed by atoms with E-state index in [1.807, 2.05) is 0 Å². The van der Waals surface area contributed by atoms with Crippen molar-refractivity contribution in [3.8, 4) is 0 Å². The van der Waals surface area contributed by atoms with Crippen LogP contribution in [-0.2, 0) is 0 Å². The van der Waals surface area contributed by atoms with Gasteiger partial charge in [0.1, 0.15) is 0 Å². The highest BCUT2D eigenvalue weighted by atomic mass is 16.3. The molecule has 0 aromatic heterocycles. The Morgan fingerprint density at radius 1 is 1.43 bits per heavy atom. The first-order valence-corrected chi connectivity index (χ1v) is 5.61. The molecular formula is C12H23NO. The molecule has 1 aliphatic carbocycles. The largest absolute Gasteiger partial charge is 0.387 e. The number of aliphatic hydroxyl groups is 1. The highest BCUT2D eigenvalue weighted by molar-refractivity contribution is 5.11. The van der Waals surface area contributed by atoms with Gasteiger partial charge >= 0.3 is 0 Å². The Labute approximate surface area is 87.4 Å². The molecule has 0 amide bonds. The molecule has 0 fully saturated rings. The van der Waals surface area contributed by atoms with Crippen molar-refractivity contribution in [1.82, 2.24) is 5.32 Å². The molecule has 0 aromatic rings. The molecular weight excluding hydrogens is 174 g/mol. The molecule has 1 aliphatic rings. The van der Waals surface area contributed by atoms with E-state index in [2.05, 4.69) is 32.2 Å². The normalized spacial score (nSPS) is 20.4. The van der Waals surface area contributed by atoms with Crippen molar-refractivity contribution in [2.45, 2.75) is 58.1 Å². The van der Waals surface area contributed by atoms with E-state index < -0.39 is 0 Å². The molecule has 0 aliphatic heterocycles. The van der Waals surface area contributed by atoms with Gasteiger partial charge in [0, 0.05) is 12.1 Å². The molecule has 2 heteroatoms. The van der Waals surface area contributed by atoms with Crippen molar-refractivity contribution in [1.29, 1.82) is 0 Å². The van der Waals surface area contributed by atoms with Gasteiger partial charge in [-0.1, -0.05) is 6.08 Å². The fourth-order valence-electron chi connectivity index (χ4n) is 1.70. The Balaban J connectivity index is 2.34. The van der Waals surface area contributed by atoms with Crippen LogP contribution in [0.5, 0.6) is 0 Å². The van der Waals surface area contributed by atoms with Crippen LogP contribution in [0.3, 0.4) is 0 Å². The van der Waals surface area contributed by atoms with Gasteiger partial charge in [0.2, 0.25) is 0 Å². The number of allylic oxidation sites excluding steroid dienone is 1. The second-order valence-corrected chi connectivity index (χ2v) is 5.17. The van der Waals surface area contributed by atoms with Crippen molar-refractivity contribution in [3.05, 3.63) is 11.6 Å². The van der Waals surface area contributed by atoms with Gasteiger partial charge < -0.3 is 10.4 Å². The smallest absolute Gasteiger partial charge is 0.0874 e. The molecule has 2 N–H and O–H groups in total. The maximum atomic E-state index is 9.91. The average molecular weight is 197 g/mol. The zero-order chi connectivity index (χ0) is 10.6. The van der Waals surface area contributed by atoms with E-state index in [-0.39, 0.29) is 11.6 Å². The Morgan fingerprint density at radius 2 is 2.14 bits per heavy atom. The molecule has 1 atom stereocenters. The van der Waals surface area contributed by atoms with Crippen molar-refractivity contribution in [3.63, 3.8) is 0 Å². The van der Waals surface area contributed by atoms with Gasteiger partial charge in [0.25, 0.3) is 0 Å². The molecule has 0 aromatic carbocycles. The van der Waals surface area contributed by atoms with Crippen LogP contribution < -0.4 is 5.32 Å². The summed E-state index contributed by atoms with van der Waals surface area (Å²) in [4.78, 5) is 0. The Hall–Kier alpha value is -0.340. The topological polar surface area (TPSA) is 32.3 Å². The number of aliphatic hydroxyl groups excluding tert-OH is 1. The molecule has 0 saturated heterocycles. The van der Waals surface area contributed by atoms with E-state index in [0.717, 1.165) is 12.8 Å². The molecule has 0 spiro atoms. The minimum atomic E-state index is -0.283. The van der Waals surface area contributed by atoms with Gasteiger partial charge in [0.15, 0.2) is 0 Å². The SMILES string of the molecule is CC(C)(C)NCC(O)C1=CCCCC1. The minimum absolute atomic E-state index is 0.0935. The van der Waals surface area contributed by atoms with E-state index >= 15 is 0 Å². The monoisotopic (exact) mass is 197 g/mol. The molecule has 1 rings (SSSR count). The number of hydrogen-bond acceptors (Lipinski definition) is 2. The van der Waals surface area contributed by atoms with Gasteiger partial charge in [-0.25, -0.2) is 0 Å². The summed E-state index contributed by atoms with van der Waals surface area (Å²) in [6.07, 6.45) is 6.66. The maximum absolute atomic E-state index is 9.91. The highest BCUT2D eigenvalue weighted by Crippen LogP contribution is 2.20. The van der Waals surface area contributed by atoms with Crippen LogP contribution in [0.2, 0.25) is 0 Å². The van der Waals surface area contributed by atoms with Crippen molar-refractivity contribution < 1.29 is 5.11 Å². The van der Waals surface area contributed by atoms with Gasteiger partial charge in [0.05, 0.1) is 6.10 Å². The van der Waals surface area contributed by atoms with Crippen molar-refractivity contribution in [2.75, 3.05) is 6.54 Å². The lowest BCUT2D eigenvalue weighted by molar-refractivity contribution is 0.187. The Morgan fingerprint density at radius 3 is 2.64 bits per heavy atom. The summed E-state index contributed by atoms with van der Waals surface area (Å²) in [5, 5.41) is 13.2. The van der Waals surface area contributed by atoms with E-state index in [1.54, 1.807) is 0 Å². The van der Waals surface area contributed by atoms with Gasteiger partial charge in [-0.15, -0.1) is 0 Å². The lowest BCUT2D eigenvalue weighted by atomic mass is 9.95. The standard InChI is InChI=1S/C12H23NO/c1-12(2,3)13-9-11(14)10-7-5-4-6-8-10/h7,11,13-14H,4-6,8-9H2,1-3H3. The third kappa shape index (κ3) is 4.25. The minimum Gasteiger partial charge on any atom is -0.387 e. The van der Waals surface area contributed by atoms with Gasteiger partial charge in [-0.3, -0.25) is 0 Å². The number of nitrogens with one attached hydrogen (secondary N) is 1. The predicted octanol–water partition coefficient (Wildman–Crippen LogP) is 2.24. The van der Waals surface area contributed by atoms with Crippen LogP contribution in [-0.4, -0.2) is 23.3 Å². The summed E-state index contributed by atoms with van der Waals surface area (Å²) in [5.74, 6) is 0. The molecule has 82 valence electrons. The maximum Gasteiger partial charge on any atom is 0.0874 e. The number of rotatable bonds is 3. The van der Waals surface area contributed by atoms with E-state index in [0.29, 0.717) is 6.54 Å². The van der Waals surface area contributed by atoms with Crippen LogP contribution in [0.15, 0.2) is 11.6 Å². The molecule has 1 unspecified atom stereocenters. The average Bonchev–Trinajstić information content (AvgIpc) is 2.14. The quantitative estimate of drug-likeness (QED) is 0.680. The molecule has 0 radical (unpaired) electrons. The van der Waals surface area contributed by atoms with Gasteiger partial charge in [-0.2, -0.15) is 0 Å². The molecule has 0 saturated carbocycles. The van der Waals surface area contributed by atoms with Crippen LogP contribution in [0.1, 0.15) is 46.5 Å². The van der Waals surface area contributed by atoms with E-state index in [1.165, 1.54) is 18.4 Å². The van der Waals surface area contributed by atoms with Crippen LogP contribution >= 0.6 is 0 Å². The third-order valence-corrected chi connectivity index (χ3v) is 2.58. The first kappa shape index (κ1) is 11.7. The van der Waals surface area contributed by atoms with Crippen LogP contribution in [0.25, 0.3) is 0 Å². The summed E-state index contributed by atoms with van der Waals surface area (Å²) in [6.45, 7) is 7.04. The van der Waals surface area contributed by atoms with E-state index in [4.69, 9.17) is 0 Å². The number of β-amino-alcohol motifs (C(OH)–C–C–N with tert-alkyl or cyclic N) is 1. The number of hydrogen-bond donors (Lipinski definition) is 2. The lowest BCUT2D eigenvalue weighted by Gasteiger charge is -2.25. The molecule has 2 nitrogen and oxygen atoms in total. The lowest BCUT2D eigenvalue weighted by Crippen LogP contribution is -2.41. The second kappa shape index (κ2) is 4.94. The molecule has 14 heavy (non-hydrogen) atoms. The Kier molecular flexibility index (Phi) is 4.14. The van der Waals surface area contributed by atoms with Gasteiger partial charge in [-0.05, 0) is 52.0 Å². The first-order chi connectivity index (χ1) is 6.49. The zero-order valence-corrected chi connectivity index (χ0v) is 9.64. The molecule has 0 bridgehead atoms. The van der Waals surface area contributed by atoms with E-state index in [9.17, 15) is 5.11 Å². The van der Waals surface area contributed by atoms with Crippen LogP contribution in [0, 0.1) is 0 Å². The Bertz CT molecular complexity index is 203. The fourth-order valence-corrected chi connectivity index (χ4v) is 1.70.